The van der Waals surface area contributed by atoms with E-state index in [0.717, 1.165) is 72.5 Å². The van der Waals surface area contributed by atoms with Crippen molar-refractivity contribution in [2.45, 2.75) is 71.4 Å². The number of nitrogen functional groups attached to an aromatic ring is 1. The second kappa shape index (κ2) is 11.0. The van der Waals surface area contributed by atoms with E-state index < -0.39 is 0 Å². The first kappa shape index (κ1) is 25.3. The van der Waals surface area contributed by atoms with Gasteiger partial charge in [0.25, 0.3) is 0 Å². The number of amides is 2. The standard InChI is InChI=1S/C28H36N6O2S/c1-4-8-18-13-22(23(15-21(18)29)36-17(2)3)33-26-25-20-10-9-19(14-24(20)37-27(25)31-16-30-26)32-28(35)34-11-6-5-7-12-34/h4,8,13,15-17,19H,5-7,9-12,14,29H2,1-3H3,(H,32,35)(H,30,31,33). The number of fused-ring (bicyclic) bond motifs is 3. The van der Waals surface area contributed by atoms with Crippen LogP contribution in [0.2, 0.25) is 0 Å². The number of ether oxygens (including phenoxy) is 1. The number of carbonyl (C=O) groups excluding carboxylic acids is 1. The van der Waals surface area contributed by atoms with Crippen LogP contribution in [0.15, 0.2) is 24.5 Å². The Bertz CT molecular complexity index is 1310. The van der Waals surface area contributed by atoms with Crippen LogP contribution in [0.5, 0.6) is 5.75 Å². The summed E-state index contributed by atoms with van der Waals surface area (Å²) in [4.78, 5) is 26.2. The molecule has 4 N–H and O–H groups in total. The number of allylic oxidation sites excluding steroid dienone is 1. The molecule has 1 atom stereocenters. The molecular weight excluding hydrogens is 484 g/mol. The van der Waals surface area contributed by atoms with E-state index in [1.165, 1.54) is 16.9 Å². The fraction of sp³-hybridized carbons (Fsp3) is 0.464. The minimum Gasteiger partial charge on any atom is -0.489 e. The maximum Gasteiger partial charge on any atom is 0.317 e. The first-order valence-electron chi connectivity index (χ1n) is 13.2. The predicted molar refractivity (Wildman–Crippen MR) is 152 cm³/mol. The van der Waals surface area contributed by atoms with E-state index in [-0.39, 0.29) is 18.2 Å². The first-order valence-corrected chi connectivity index (χ1v) is 14.0. The highest BCUT2D eigenvalue weighted by atomic mass is 32.1. The molecule has 0 saturated carbocycles. The molecule has 1 unspecified atom stereocenters. The summed E-state index contributed by atoms with van der Waals surface area (Å²) in [6.45, 7) is 7.69. The van der Waals surface area contributed by atoms with Crippen LogP contribution in [-0.2, 0) is 12.8 Å². The van der Waals surface area contributed by atoms with E-state index in [9.17, 15) is 4.79 Å². The molecule has 1 saturated heterocycles. The van der Waals surface area contributed by atoms with Crippen molar-refractivity contribution in [3.63, 3.8) is 0 Å². The molecule has 0 spiro atoms. The average Bonchev–Trinajstić information content (AvgIpc) is 3.25. The Balaban J connectivity index is 1.42. The number of nitrogens with two attached hydrogens (primary N) is 1. The largest absolute Gasteiger partial charge is 0.489 e. The van der Waals surface area contributed by atoms with Gasteiger partial charge in [0.15, 0.2) is 0 Å². The number of hydrogen-bond donors (Lipinski definition) is 3. The van der Waals surface area contributed by atoms with Crippen molar-refractivity contribution < 1.29 is 9.53 Å². The number of hydrogen-bond acceptors (Lipinski definition) is 7. The summed E-state index contributed by atoms with van der Waals surface area (Å²) in [6.07, 6.45) is 11.6. The number of nitrogens with one attached hydrogen (secondary N) is 2. The van der Waals surface area contributed by atoms with Crippen LogP contribution < -0.4 is 21.1 Å². The number of aryl methyl sites for hydroxylation is 1. The van der Waals surface area contributed by atoms with E-state index in [1.807, 2.05) is 50.0 Å². The minimum atomic E-state index is 0.00363. The zero-order chi connectivity index (χ0) is 25.9. The van der Waals surface area contributed by atoms with E-state index in [4.69, 9.17) is 10.5 Å². The lowest BCUT2D eigenvalue weighted by Crippen LogP contribution is -2.48. The van der Waals surface area contributed by atoms with Crippen LogP contribution in [-0.4, -0.2) is 46.1 Å². The van der Waals surface area contributed by atoms with E-state index in [2.05, 4.69) is 20.6 Å². The van der Waals surface area contributed by atoms with Gasteiger partial charge in [0.1, 0.15) is 22.7 Å². The van der Waals surface area contributed by atoms with Crippen molar-refractivity contribution in [1.29, 1.82) is 0 Å². The lowest BCUT2D eigenvalue weighted by atomic mass is 9.93. The third-order valence-electron chi connectivity index (χ3n) is 6.96. The third kappa shape index (κ3) is 5.51. The van der Waals surface area contributed by atoms with Gasteiger partial charge in [0, 0.05) is 42.2 Å². The number of likely N-dealkylation sites (tertiary alicyclic amines) is 1. The summed E-state index contributed by atoms with van der Waals surface area (Å²) < 4.78 is 6.09. The number of aromatic nitrogens is 2. The van der Waals surface area contributed by atoms with Crippen LogP contribution in [0.3, 0.4) is 0 Å². The molecule has 1 aromatic carbocycles. The van der Waals surface area contributed by atoms with Crippen LogP contribution in [0.25, 0.3) is 16.3 Å². The molecule has 1 fully saturated rings. The number of piperidine rings is 1. The first-order chi connectivity index (χ1) is 17.9. The number of carbonyl (C=O) groups is 1. The molecule has 196 valence electrons. The van der Waals surface area contributed by atoms with Gasteiger partial charge < -0.3 is 26.0 Å². The maximum atomic E-state index is 12.8. The molecule has 9 heteroatoms. The molecule has 2 amide bonds. The van der Waals surface area contributed by atoms with Crippen molar-refractivity contribution in [3.8, 4) is 5.75 Å². The van der Waals surface area contributed by atoms with Crippen LogP contribution in [0, 0.1) is 0 Å². The second-order valence-electron chi connectivity index (χ2n) is 10.1. The minimum absolute atomic E-state index is 0.00363. The summed E-state index contributed by atoms with van der Waals surface area (Å²) in [5.74, 6) is 1.46. The smallest absolute Gasteiger partial charge is 0.317 e. The van der Waals surface area contributed by atoms with Crippen LogP contribution in [0.4, 0.5) is 22.0 Å². The lowest BCUT2D eigenvalue weighted by Gasteiger charge is -2.30. The summed E-state index contributed by atoms with van der Waals surface area (Å²) >= 11 is 1.70. The molecule has 5 rings (SSSR count). The SMILES string of the molecule is CC=Cc1cc(Nc2ncnc3sc4c(c23)CCC(NC(=O)N2CCCCC2)C4)c(OC(C)C)cc1N. The molecule has 37 heavy (non-hydrogen) atoms. The highest BCUT2D eigenvalue weighted by Gasteiger charge is 2.28. The van der Waals surface area contributed by atoms with Crippen molar-refractivity contribution in [3.05, 3.63) is 40.5 Å². The van der Waals surface area contributed by atoms with Crippen LogP contribution in [0.1, 0.15) is 62.5 Å². The lowest BCUT2D eigenvalue weighted by molar-refractivity contribution is 0.181. The summed E-state index contributed by atoms with van der Waals surface area (Å²) in [5, 5.41) is 7.88. The molecule has 1 aliphatic heterocycles. The highest BCUT2D eigenvalue weighted by Crippen LogP contribution is 2.41. The van der Waals surface area contributed by atoms with Crippen molar-refractivity contribution in [2.24, 2.45) is 0 Å². The summed E-state index contributed by atoms with van der Waals surface area (Å²) in [7, 11) is 0. The zero-order valence-corrected chi connectivity index (χ0v) is 22.7. The molecule has 0 bridgehead atoms. The van der Waals surface area contributed by atoms with Gasteiger partial charge >= 0.3 is 6.03 Å². The van der Waals surface area contributed by atoms with Crippen LogP contribution >= 0.6 is 11.3 Å². The Kier molecular flexibility index (Phi) is 7.50. The number of benzene rings is 1. The fourth-order valence-corrected chi connectivity index (χ4v) is 6.47. The van der Waals surface area contributed by atoms with Gasteiger partial charge in [-0.05, 0) is 70.1 Å². The zero-order valence-electron chi connectivity index (χ0n) is 21.8. The Morgan fingerprint density at radius 3 is 2.81 bits per heavy atom. The Morgan fingerprint density at radius 1 is 1.24 bits per heavy atom. The topological polar surface area (TPSA) is 105 Å². The summed E-state index contributed by atoms with van der Waals surface area (Å²) in [6, 6.07) is 4.10. The molecule has 3 aromatic rings. The molecule has 8 nitrogen and oxygen atoms in total. The quantitative estimate of drug-likeness (QED) is 0.350. The van der Waals surface area contributed by atoms with E-state index >= 15 is 0 Å². The molecule has 1 aliphatic carbocycles. The number of anilines is 3. The van der Waals surface area contributed by atoms with Crippen molar-refractivity contribution >= 4 is 50.9 Å². The molecular formula is C28H36N6O2S. The van der Waals surface area contributed by atoms with Gasteiger partial charge in [-0.25, -0.2) is 14.8 Å². The predicted octanol–water partition coefficient (Wildman–Crippen LogP) is 5.89. The number of urea groups is 1. The number of rotatable bonds is 6. The normalized spacial score (nSPS) is 17.8. The number of thiophene rings is 1. The average molecular weight is 521 g/mol. The van der Waals surface area contributed by atoms with Gasteiger partial charge in [-0.1, -0.05) is 12.2 Å². The monoisotopic (exact) mass is 520 g/mol. The van der Waals surface area contributed by atoms with Gasteiger partial charge in [-0.3, -0.25) is 0 Å². The summed E-state index contributed by atoms with van der Waals surface area (Å²) in [5.41, 5.74) is 9.97. The van der Waals surface area contributed by atoms with Crippen molar-refractivity contribution in [2.75, 3.05) is 24.1 Å². The Morgan fingerprint density at radius 2 is 2.05 bits per heavy atom. The Labute approximate surface area is 222 Å². The maximum absolute atomic E-state index is 12.8. The fourth-order valence-electron chi connectivity index (χ4n) is 5.20. The van der Waals surface area contributed by atoms with Gasteiger partial charge in [0.2, 0.25) is 0 Å². The highest BCUT2D eigenvalue weighted by molar-refractivity contribution is 7.19. The van der Waals surface area contributed by atoms with E-state index in [0.29, 0.717) is 11.4 Å². The second-order valence-corrected chi connectivity index (χ2v) is 11.2. The molecule has 0 radical (unpaired) electrons. The van der Waals surface area contributed by atoms with Gasteiger partial charge in [-0.2, -0.15) is 0 Å². The number of nitrogens with zero attached hydrogens (tertiary/aromatic N) is 3. The third-order valence-corrected chi connectivity index (χ3v) is 8.13. The molecule has 2 aliphatic rings. The van der Waals surface area contributed by atoms with Gasteiger partial charge in [-0.15, -0.1) is 11.3 Å². The van der Waals surface area contributed by atoms with E-state index in [1.54, 1.807) is 17.7 Å². The Hall–Kier alpha value is -3.33. The molecule has 2 aromatic heterocycles. The molecule has 3 heterocycles. The van der Waals surface area contributed by atoms with Crippen molar-refractivity contribution in [1.82, 2.24) is 20.2 Å². The van der Waals surface area contributed by atoms with Gasteiger partial charge in [0.05, 0.1) is 17.2 Å².